The molecule has 3 aromatic rings. The fraction of sp³-hybridized carbons (Fsp3) is 0.158. The molecule has 0 saturated carbocycles. The molecule has 0 aliphatic carbocycles. The first-order valence-corrected chi connectivity index (χ1v) is 8.01. The van der Waals surface area contributed by atoms with E-state index >= 15 is 0 Å². The molecule has 0 aliphatic rings. The summed E-state index contributed by atoms with van der Waals surface area (Å²) in [6.45, 7) is 0.293. The average molecular weight is 375 g/mol. The smallest absolute Gasteiger partial charge is 0.418 e. The molecule has 0 radical (unpaired) electrons. The number of alkyl halides is 3. The molecule has 1 N–H and O–H groups in total. The van der Waals surface area contributed by atoms with E-state index in [9.17, 15) is 18.0 Å². The molecule has 0 unspecified atom stereocenters. The van der Waals surface area contributed by atoms with Crippen LogP contribution < -0.4 is 15.6 Å². The quantitative estimate of drug-likeness (QED) is 0.731. The summed E-state index contributed by atoms with van der Waals surface area (Å²) in [6, 6.07) is 14.3. The number of nitrogens with zero attached hydrogens (tertiary/aromatic N) is 2. The molecule has 0 bridgehead atoms. The summed E-state index contributed by atoms with van der Waals surface area (Å²) >= 11 is 0. The minimum absolute atomic E-state index is 0.000544. The standard InChI is InChI=1S/C19H16F3N3O2/c1-27-16-12-25(11-13-7-3-2-4-8-13)18(24-17(16)26)23-15-10-6-5-9-14(15)19(20,21)22/h2-10,12H,11H2,1H3,(H,23,24,26). The van der Waals surface area contributed by atoms with Gasteiger partial charge in [-0.15, -0.1) is 0 Å². The molecule has 8 heteroatoms. The van der Waals surface area contributed by atoms with Crippen LogP contribution in [0.5, 0.6) is 5.75 Å². The van der Waals surface area contributed by atoms with E-state index in [1.807, 2.05) is 30.3 Å². The monoisotopic (exact) mass is 375 g/mol. The molecule has 0 amide bonds. The van der Waals surface area contributed by atoms with E-state index in [2.05, 4.69) is 10.3 Å². The minimum atomic E-state index is -4.54. The number of anilines is 2. The fourth-order valence-corrected chi connectivity index (χ4v) is 2.57. The van der Waals surface area contributed by atoms with Gasteiger partial charge in [-0.05, 0) is 17.7 Å². The van der Waals surface area contributed by atoms with Gasteiger partial charge in [0, 0.05) is 0 Å². The Morgan fingerprint density at radius 3 is 2.41 bits per heavy atom. The van der Waals surface area contributed by atoms with Crippen LogP contribution in [0.1, 0.15) is 11.1 Å². The van der Waals surface area contributed by atoms with Crippen molar-refractivity contribution in [1.82, 2.24) is 9.55 Å². The maximum atomic E-state index is 13.2. The Hall–Kier alpha value is -3.29. The van der Waals surface area contributed by atoms with Crippen LogP contribution in [0.25, 0.3) is 0 Å². The third-order valence-corrected chi connectivity index (χ3v) is 3.86. The Labute approximate surface area is 153 Å². The molecule has 0 aliphatic heterocycles. The number of methoxy groups -OCH3 is 1. The van der Waals surface area contributed by atoms with Crippen LogP contribution in [0.3, 0.4) is 0 Å². The zero-order chi connectivity index (χ0) is 19.4. The van der Waals surface area contributed by atoms with Gasteiger partial charge in [0.05, 0.1) is 31.1 Å². The highest BCUT2D eigenvalue weighted by Crippen LogP contribution is 2.35. The molecule has 0 saturated heterocycles. The summed E-state index contributed by atoms with van der Waals surface area (Å²) in [6.07, 6.45) is -3.12. The van der Waals surface area contributed by atoms with Crippen molar-refractivity contribution in [2.45, 2.75) is 12.7 Å². The van der Waals surface area contributed by atoms with E-state index in [0.717, 1.165) is 11.6 Å². The predicted molar refractivity (Wildman–Crippen MR) is 95.3 cm³/mol. The van der Waals surface area contributed by atoms with Gasteiger partial charge in [0.15, 0.2) is 0 Å². The number of hydrogen-bond donors (Lipinski definition) is 1. The van der Waals surface area contributed by atoms with Crippen LogP contribution in [0, 0.1) is 0 Å². The summed E-state index contributed by atoms with van der Waals surface area (Å²) in [5.41, 5.74) is -0.823. The van der Waals surface area contributed by atoms with E-state index in [0.29, 0.717) is 6.54 Å². The summed E-state index contributed by atoms with van der Waals surface area (Å²) in [5.74, 6) is -0.0121. The van der Waals surface area contributed by atoms with Gasteiger partial charge < -0.3 is 14.6 Å². The molecule has 140 valence electrons. The predicted octanol–water partition coefficient (Wildman–Crippen LogP) is 4.06. The first-order chi connectivity index (χ1) is 12.9. The van der Waals surface area contributed by atoms with Gasteiger partial charge in [0.2, 0.25) is 11.7 Å². The van der Waals surface area contributed by atoms with Crippen molar-refractivity contribution in [2.75, 3.05) is 12.4 Å². The fourth-order valence-electron chi connectivity index (χ4n) is 2.57. The second-order valence-electron chi connectivity index (χ2n) is 5.72. The Morgan fingerprint density at radius 1 is 1.07 bits per heavy atom. The zero-order valence-corrected chi connectivity index (χ0v) is 14.3. The summed E-state index contributed by atoms with van der Waals surface area (Å²) in [4.78, 5) is 15.9. The highest BCUT2D eigenvalue weighted by Gasteiger charge is 2.33. The maximum Gasteiger partial charge on any atom is 0.418 e. The number of para-hydroxylation sites is 1. The van der Waals surface area contributed by atoms with Crippen LogP contribution in [0.15, 0.2) is 65.6 Å². The number of benzene rings is 2. The highest BCUT2D eigenvalue weighted by molar-refractivity contribution is 5.60. The van der Waals surface area contributed by atoms with Gasteiger partial charge in [-0.2, -0.15) is 18.2 Å². The van der Waals surface area contributed by atoms with E-state index < -0.39 is 17.3 Å². The molecule has 3 rings (SSSR count). The van der Waals surface area contributed by atoms with Gasteiger partial charge in [0.25, 0.3) is 0 Å². The molecular formula is C19H16F3N3O2. The summed E-state index contributed by atoms with van der Waals surface area (Å²) < 4.78 is 46.3. The number of halogens is 3. The Bertz CT molecular complexity index is 985. The van der Waals surface area contributed by atoms with E-state index in [1.54, 1.807) is 0 Å². The number of ether oxygens (including phenoxy) is 1. The molecular weight excluding hydrogens is 359 g/mol. The molecule has 5 nitrogen and oxygen atoms in total. The number of hydrogen-bond acceptors (Lipinski definition) is 4. The van der Waals surface area contributed by atoms with Gasteiger partial charge in [-0.3, -0.25) is 4.79 Å². The van der Waals surface area contributed by atoms with Gasteiger partial charge >= 0.3 is 11.7 Å². The van der Waals surface area contributed by atoms with Crippen molar-refractivity contribution in [2.24, 2.45) is 0 Å². The lowest BCUT2D eigenvalue weighted by Crippen LogP contribution is -2.19. The van der Waals surface area contributed by atoms with Crippen molar-refractivity contribution in [1.29, 1.82) is 0 Å². The molecule has 0 atom stereocenters. The number of rotatable bonds is 5. The van der Waals surface area contributed by atoms with Crippen molar-refractivity contribution < 1.29 is 17.9 Å². The molecule has 2 aromatic carbocycles. The van der Waals surface area contributed by atoms with Crippen LogP contribution >= 0.6 is 0 Å². The van der Waals surface area contributed by atoms with Crippen LogP contribution in [-0.2, 0) is 12.7 Å². The first-order valence-electron chi connectivity index (χ1n) is 8.01. The summed E-state index contributed by atoms with van der Waals surface area (Å²) in [7, 11) is 1.33. The van der Waals surface area contributed by atoms with Gasteiger partial charge in [0.1, 0.15) is 0 Å². The normalized spacial score (nSPS) is 11.3. The second-order valence-corrected chi connectivity index (χ2v) is 5.72. The van der Waals surface area contributed by atoms with Crippen molar-refractivity contribution in [3.63, 3.8) is 0 Å². The zero-order valence-electron chi connectivity index (χ0n) is 14.3. The summed E-state index contributed by atoms with van der Waals surface area (Å²) in [5, 5.41) is 2.64. The highest BCUT2D eigenvalue weighted by atomic mass is 19.4. The lowest BCUT2D eigenvalue weighted by molar-refractivity contribution is -0.136. The van der Waals surface area contributed by atoms with Crippen molar-refractivity contribution >= 4 is 11.6 Å². The topological polar surface area (TPSA) is 56.1 Å². The van der Waals surface area contributed by atoms with E-state index in [4.69, 9.17) is 4.74 Å². The van der Waals surface area contributed by atoms with Crippen LogP contribution in [0.2, 0.25) is 0 Å². The number of nitrogens with one attached hydrogen (secondary N) is 1. The van der Waals surface area contributed by atoms with Crippen molar-refractivity contribution in [3.8, 4) is 5.75 Å². The average Bonchev–Trinajstić information content (AvgIpc) is 2.64. The van der Waals surface area contributed by atoms with Gasteiger partial charge in [-0.25, -0.2) is 0 Å². The van der Waals surface area contributed by atoms with Crippen molar-refractivity contribution in [3.05, 3.63) is 82.3 Å². The lowest BCUT2D eigenvalue weighted by Gasteiger charge is -2.18. The lowest BCUT2D eigenvalue weighted by atomic mass is 10.1. The molecule has 27 heavy (non-hydrogen) atoms. The number of aromatic nitrogens is 2. The third kappa shape index (κ3) is 4.28. The molecule has 1 aromatic heterocycles. The van der Waals surface area contributed by atoms with Gasteiger partial charge in [-0.1, -0.05) is 42.5 Å². The Balaban J connectivity index is 2.05. The third-order valence-electron chi connectivity index (χ3n) is 3.86. The van der Waals surface area contributed by atoms with E-state index in [1.165, 1.54) is 36.1 Å². The first kappa shape index (κ1) is 18.5. The van der Waals surface area contributed by atoms with Crippen LogP contribution in [-0.4, -0.2) is 16.7 Å². The molecule has 1 heterocycles. The Kier molecular flexibility index (Phi) is 5.16. The maximum absolute atomic E-state index is 13.2. The Morgan fingerprint density at radius 2 is 1.74 bits per heavy atom. The van der Waals surface area contributed by atoms with Crippen LogP contribution in [0.4, 0.5) is 24.8 Å². The molecule has 0 fully saturated rings. The largest absolute Gasteiger partial charge is 0.490 e. The minimum Gasteiger partial charge on any atom is -0.490 e. The molecule has 0 spiro atoms. The SMILES string of the molecule is COc1cn(Cc2ccccc2)c(Nc2ccccc2C(F)(F)F)nc1=O. The van der Waals surface area contributed by atoms with E-state index in [-0.39, 0.29) is 17.4 Å². The second kappa shape index (κ2) is 7.53.